The molecule has 6 nitrogen and oxygen atoms in total. The molecule has 1 aromatic heterocycles. The highest BCUT2D eigenvalue weighted by atomic mass is 16.5. The number of nitrogens with zero attached hydrogens (tertiary/aromatic N) is 2. The van der Waals surface area contributed by atoms with Crippen LogP contribution in [0.3, 0.4) is 0 Å². The molecule has 0 bridgehead atoms. The van der Waals surface area contributed by atoms with Crippen molar-refractivity contribution in [1.82, 2.24) is 14.9 Å². The Morgan fingerprint density at radius 2 is 1.63 bits per heavy atom. The van der Waals surface area contributed by atoms with Crippen molar-refractivity contribution >= 4 is 16.9 Å². The first-order valence-electron chi connectivity index (χ1n) is 13.5. The largest absolute Gasteiger partial charge is 0.493 e. The number of nitrogens with one attached hydrogen (secondary N) is 1. The molecule has 3 aromatic carbocycles. The summed E-state index contributed by atoms with van der Waals surface area (Å²) in [5.74, 6) is 2.67. The second-order valence-electron chi connectivity index (χ2n) is 10.0. The zero-order chi connectivity index (χ0) is 26.9. The van der Waals surface area contributed by atoms with Crippen LogP contribution in [-0.4, -0.2) is 35.2 Å². The number of rotatable bonds is 13. The van der Waals surface area contributed by atoms with Gasteiger partial charge in [0, 0.05) is 19.5 Å². The van der Waals surface area contributed by atoms with Gasteiger partial charge in [-0.15, -0.1) is 0 Å². The van der Waals surface area contributed by atoms with Gasteiger partial charge in [0.1, 0.15) is 17.3 Å². The van der Waals surface area contributed by atoms with Crippen molar-refractivity contribution in [2.24, 2.45) is 0 Å². The molecule has 200 valence electrons. The van der Waals surface area contributed by atoms with Gasteiger partial charge in [-0.05, 0) is 87.9 Å². The predicted octanol–water partition coefficient (Wildman–Crippen LogP) is 6.26. The van der Waals surface area contributed by atoms with Crippen LogP contribution in [0.4, 0.5) is 0 Å². The molecule has 0 spiro atoms. The normalized spacial score (nSPS) is 11.1. The first kappa shape index (κ1) is 27.2. The van der Waals surface area contributed by atoms with Crippen LogP contribution in [0, 0.1) is 27.7 Å². The molecule has 1 amide bonds. The molecule has 1 heterocycles. The Morgan fingerprint density at radius 1 is 0.842 bits per heavy atom. The SMILES string of the molecule is Cc1ccc(OCCCCn2c(CCCNC(=O)COc3cc(C)ccc3C)nc3ccccc32)c(C)c1. The molecule has 6 heteroatoms. The molecule has 0 fully saturated rings. The smallest absolute Gasteiger partial charge is 0.257 e. The zero-order valence-corrected chi connectivity index (χ0v) is 23.0. The average Bonchev–Trinajstić information content (AvgIpc) is 3.25. The molecular formula is C32H39N3O3. The van der Waals surface area contributed by atoms with E-state index in [1.54, 1.807) is 0 Å². The summed E-state index contributed by atoms with van der Waals surface area (Å²) >= 11 is 0. The van der Waals surface area contributed by atoms with Gasteiger partial charge in [0.05, 0.1) is 17.6 Å². The van der Waals surface area contributed by atoms with Gasteiger partial charge in [0.2, 0.25) is 0 Å². The Balaban J connectivity index is 1.24. The number of para-hydroxylation sites is 2. The molecule has 1 N–H and O–H groups in total. The minimum atomic E-state index is -0.108. The maximum atomic E-state index is 12.3. The zero-order valence-electron chi connectivity index (χ0n) is 23.0. The standard InChI is InChI=1S/C32H39N3O3/c1-23-14-16-29(26(4)20-23)37-19-8-7-18-35-28-11-6-5-10-27(28)34-31(35)12-9-17-33-32(36)22-38-30-21-24(2)13-15-25(30)3/h5-6,10-11,13-16,20-21H,7-9,12,17-19,22H2,1-4H3,(H,33,36). The first-order valence-corrected chi connectivity index (χ1v) is 13.5. The molecule has 0 aliphatic heterocycles. The number of amides is 1. The maximum Gasteiger partial charge on any atom is 0.257 e. The molecule has 4 aromatic rings. The number of ether oxygens (including phenoxy) is 2. The fraction of sp³-hybridized carbons (Fsp3) is 0.375. The van der Waals surface area contributed by atoms with E-state index in [9.17, 15) is 4.79 Å². The highest BCUT2D eigenvalue weighted by Crippen LogP contribution is 2.21. The highest BCUT2D eigenvalue weighted by molar-refractivity contribution is 5.77. The van der Waals surface area contributed by atoms with E-state index in [1.165, 1.54) is 11.1 Å². The van der Waals surface area contributed by atoms with Crippen molar-refractivity contribution in [1.29, 1.82) is 0 Å². The molecule has 4 rings (SSSR count). The minimum Gasteiger partial charge on any atom is -0.493 e. The molecule has 0 atom stereocenters. The average molecular weight is 514 g/mol. The summed E-state index contributed by atoms with van der Waals surface area (Å²) in [4.78, 5) is 17.2. The number of carbonyl (C=O) groups excluding carboxylic acids is 1. The van der Waals surface area contributed by atoms with Crippen molar-refractivity contribution in [2.75, 3.05) is 19.8 Å². The van der Waals surface area contributed by atoms with Gasteiger partial charge in [0.15, 0.2) is 6.61 Å². The Morgan fingerprint density at radius 3 is 2.47 bits per heavy atom. The van der Waals surface area contributed by atoms with Crippen molar-refractivity contribution in [3.8, 4) is 11.5 Å². The van der Waals surface area contributed by atoms with E-state index in [0.717, 1.165) is 71.7 Å². The summed E-state index contributed by atoms with van der Waals surface area (Å²) in [5.41, 5.74) is 6.74. The Kier molecular flexibility index (Phi) is 9.41. The third-order valence-electron chi connectivity index (χ3n) is 6.70. The number of benzene rings is 3. The summed E-state index contributed by atoms with van der Waals surface area (Å²) in [7, 11) is 0. The molecule has 0 radical (unpaired) electrons. The topological polar surface area (TPSA) is 65.4 Å². The van der Waals surface area contributed by atoms with Crippen LogP contribution in [0.5, 0.6) is 11.5 Å². The number of fused-ring (bicyclic) bond motifs is 1. The van der Waals surface area contributed by atoms with Crippen molar-refractivity contribution in [2.45, 2.75) is 59.9 Å². The van der Waals surface area contributed by atoms with E-state index in [0.29, 0.717) is 13.2 Å². The number of aromatic nitrogens is 2. The number of hydrogen-bond acceptors (Lipinski definition) is 4. The summed E-state index contributed by atoms with van der Waals surface area (Å²) in [6.45, 7) is 10.4. The number of imidazole rings is 1. The Hall–Kier alpha value is -3.80. The number of aryl methyl sites for hydroxylation is 6. The van der Waals surface area contributed by atoms with Crippen LogP contribution in [-0.2, 0) is 17.8 Å². The molecule has 0 aliphatic carbocycles. The third kappa shape index (κ3) is 7.37. The lowest BCUT2D eigenvalue weighted by atomic mass is 10.1. The van der Waals surface area contributed by atoms with Gasteiger partial charge in [-0.25, -0.2) is 4.98 Å². The van der Waals surface area contributed by atoms with Crippen LogP contribution in [0.1, 0.15) is 47.3 Å². The van der Waals surface area contributed by atoms with Crippen molar-refractivity contribution in [3.63, 3.8) is 0 Å². The monoisotopic (exact) mass is 513 g/mol. The van der Waals surface area contributed by atoms with Gasteiger partial charge < -0.3 is 19.4 Å². The van der Waals surface area contributed by atoms with Crippen LogP contribution in [0.2, 0.25) is 0 Å². The van der Waals surface area contributed by atoms with Crippen molar-refractivity contribution in [3.05, 3.63) is 88.7 Å². The molecule has 0 saturated heterocycles. The lowest BCUT2D eigenvalue weighted by molar-refractivity contribution is -0.123. The van der Waals surface area contributed by atoms with Crippen LogP contribution < -0.4 is 14.8 Å². The molecule has 0 saturated carbocycles. The molecule has 38 heavy (non-hydrogen) atoms. The van der Waals surface area contributed by atoms with Gasteiger partial charge in [0.25, 0.3) is 5.91 Å². The van der Waals surface area contributed by atoms with E-state index in [2.05, 4.69) is 60.1 Å². The van der Waals surface area contributed by atoms with E-state index in [1.807, 2.05) is 38.1 Å². The Bertz CT molecular complexity index is 1380. The van der Waals surface area contributed by atoms with E-state index < -0.39 is 0 Å². The third-order valence-corrected chi connectivity index (χ3v) is 6.70. The number of unbranched alkanes of at least 4 members (excludes halogenated alkanes) is 1. The molecule has 0 unspecified atom stereocenters. The van der Waals surface area contributed by atoms with E-state index in [-0.39, 0.29) is 12.5 Å². The number of carbonyl (C=O) groups is 1. The maximum absolute atomic E-state index is 12.3. The highest BCUT2D eigenvalue weighted by Gasteiger charge is 2.11. The lowest BCUT2D eigenvalue weighted by Crippen LogP contribution is -2.30. The van der Waals surface area contributed by atoms with Gasteiger partial charge in [-0.1, -0.05) is 42.0 Å². The first-order chi connectivity index (χ1) is 18.4. The number of hydrogen-bond donors (Lipinski definition) is 1. The van der Waals surface area contributed by atoms with Gasteiger partial charge in [-0.2, -0.15) is 0 Å². The van der Waals surface area contributed by atoms with Gasteiger partial charge in [-0.3, -0.25) is 4.79 Å². The minimum absolute atomic E-state index is 0.0208. The van der Waals surface area contributed by atoms with Crippen LogP contribution in [0.15, 0.2) is 60.7 Å². The quantitative estimate of drug-likeness (QED) is 0.214. The predicted molar refractivity (Wildman–Crippen MR) is 153 cm³/mol. The molecular weight excluding hydrogens is 474 g/mol. The van der Waals surface area contributed by atoms with E-state index in [4.69, 9.17) is 14.5 Å². The van der Waals surface area contributed by atoms with E-state index >= 15 is 0 Å². The fourth-order valence-electron chi connectivity index (χ4n) is 4.61. The fourth-order valence-corrected chi connectivity index (χ4v) is 4.61. The summed E-state index contributed by atoms with van der Waals surface area (Å²) in [6, 6.07) is 20.6. The van der Waals surface area contributed by atoms with Gasteiger partial charge >= 0.3 is 0 Å². The Labute approximate surface area is 226 Å². The summed E-state index contributed by atoms with van der Waals surface area (Å²) < 4.78 is 14.1. The van der Waals surface area contributed by atoms with Crippen LogP contribution >= 0.6 is 0 Å². The molecule has 0 aliphatic rings. The van der Waals surface area contributed by atoms with Crippen molar-refractivity contribution < 1.29 is 14.3 Å². The summed E-state index contributed by atoms with van der Waals surface area (Å²) in [5, 5.41) is 2.98. The second kappa shape index (κ2) is 13.1. The lowest BCUT2D eigenvalue weighted by Gasteiger charge is -2.12. The van der Waals surface area contributed by atoms with Crippen LogP contribution in [0.25, 0.3) is 11.0 Å². The summed E-state index contributed by atoms with van der Waals surface area (Å²) in [6.07, 6.45) is 3.58. The second-order valence-corrected chi connectivity index (χ2v) is 10.0.